The number of benzene rings is 1. The minimum Gasteiger partial charge on any atom is -0.390 e. The molecule has 1 saturated heterocycles. The zero-order chi connectivity index (χ0) is 14.2. The predicted octanol–water partition coefficient (Wildman–Crippen LogP) is 2.91. The SMILES string of the molecule is CC1(C)O[C@@H](Cc2ccccc2)[C@@H](O)[C@H]2CCC[C@@H]2O1. The zero-order valence-electron chi connectivity index (χ0n) is 12.3. The predicted molar refractivity (Wildman–Crippen MR) is 77.3 cm³/mol. The minimum atomic E-state index is -0.621. The zero-order valence-corrected chi connectivity index (χ0v) is 12.3. The molecule has 1 aliphatic heterocycles. The van der Waals surface area contributed by atoms with Crippen molar-refractivity contribution in [3.8, 4) is 0 Å². The molecule has 0 bridgehead atoms. The van der Waals surface area contributed by atoms with E-state index in [4.69, 9.17) is 9.47 Å². The third kappa shape index (κ3) is 2.90. The van der Waals surface area contributed by atoms with Crippen LogP contribution >= 0.6 is 0 Å². The number of fused-ring (bicyclic) bond motifs is 1. The Morgan fingerprint density at radius 3 is 2.65 bits per heavy atom. The lowest BCUT2D eigenvalue weighted by atomic mass is 9.91. The fourth-order valence-corrected chi connectivity index (χ4v) is 3.60. The molecule has 0 unspecified atom stereocenters. The lowest BCUT2D eigenvalue weighted by molar-refractivity contribution is -0.246. The highest BCUT2D eigenvalue weighted by Gasteiger charge is 2.45. The third-order valence-corrected chi connectivity index (χ3v) is 4.47. The van der Waals surface area contributed by atoms with Crippen LogP contribution in [0.15, 0.2) is 30.3 Å². The molecule has 0 radical (unpaired) electrons. The van der Waals surface area contributed by atoms with Crippen molar-refractivity contribution >= 4 is 0 Å². The van der Waals surface area contributed by atoms with Crippen LogP contribution in [0.3, 0.4) is 0 Å². The van der Waals surface area contributed by atoms with Crippen LogP contribution in [0.1, 0.15) is 38.7 Å². The Kier molecular flexibility index (Phi) is 3.85. The fourth-order valence-electron chi connectivity index (χ4n) is 3.60. The topological polar surface area (TPSA) is 38.7 Å². The van der Waals surface area contributed by atoms with Crippen LogP contribution < -0.4 is 0 Å². The maximum absolute atomic E-state index is 10.7. The Labute approximate surface area is 120 Å². The minimum absolute atomic E-state index is 0.140. The quantitative estimate of drug-likeness (QED) is 0.902. The average Bonchev–Trinajstić information content (AvgIpc) is 2.82. The van der Waals surface area contributed by atoms with Gasteiger partial charge in [0.25, 0.3) is 0 Å². The highest BCUT2D eigenvalue weighted by molar-refractivity contribution is 5.16. The first-order valence-corrected chi connectivity index (χ1v) is 7.63. The van der Waals surface area contributed by atoms with E-state index >= 15 is 0 Å². The van der Waals surface area contributed by atoms with Crippen molar-refractivity contribution in [3.63, 3.8) is 0 Å². The molecule has 3 nitrogen and oxygen atoms in total. The van der Waals surface area contributed by atoms with Crippen LogP contribution in [0.5, 0.6) is 0 Å². The lowest BCUT2D eigenvalue weighted by Gasteiger charge is -2.30. The first kappa shape index (κ1) is 14.1. The summed E-state index contributed by atoms with van der Waals surface area (Å²) in [6, 6.07) is 10.2. The molecule has 1 saturated carbocycles. The number of aliphatic hydroxyl groups excluding tert-OH is 1. The van der Waals surface area contributed by atoms with Crippen LogP contribution in [0.4, 0.5) is 0 Å². The summed E-state index contributed by atoms with van der Waals surface area (Å²) >= 11 is 0. The van der Waals surface area contributed by atoms with E-state index < -0.39 is 11.9 Å². The van der Waals surface area contributed by atoms with Crippen LogP contribution in [0, 0.1) is 5.92 Å². The van der Waals surface area contributed by atoms with Crippen molar-refractivity contribution in [1.29, 1.82) is 0 Å². The molecule has 2 fully saturated rings. The summed E-state index contributed by atoms with van der Waals surface area (Å²) in [6.07, 6.45) is 3.45. The summed E-state index contributed by atoms with van der Waals surface area (Å²) in [4.78, 5) is 0. The number of ether oxygens (including phenoxy) is 2. The molecule has 3 heteroatoms. The first-order chi connectivity index (χ1) is 9.55. The van der Waals surface area contributed by atoms with Crippen molar-refractivity contribution < 1.29 is 14.6 Å². The first-order valence-electron chi connectivity index (χ1n) is 7.63. The molecule has 20 heavy (non-hydrogen) atoms. The molecule has 1 N–H and O–H groups in total. The van der Waals surface area contributed by atoms with E-state index in [1.54, 1.807) is 0 Å². The summed E-state index contributed by atoms with van der Waals surface area (Å²) in [7, 11) is 0. The Morgan fingerprint density at radius 1 is 1.15 bits per heavy atom. The highest BCUT2D eigenvalue weighted by Crippen LogP contribution is 2.39. The Balaban J connectivity index is 1.81. The van der Waals surface area contributed by atoms with Crippen molar-refractivity contribution in [2.24, 2.45) is 5.92 Å². The van der Waals surface area contributed by atoms with Crippen molar-refractivity contribution in [1.82, 2.24) is 0 Å². The molecule has 1 heterocycles. The molecule has 110 valence electrons. The average molecular weight is 276 g/mol. The maximum Gasteiger partial charge on any atom is 0.163 e. The van der Waals surface area contributed by atoms with E-state index in [-0.39, 0.29) is 18.1 Å². The lowest BCUT2D eigenvalue weighted by Crippen LogP contribution is -2.39. The molecular formula is C17H24O3. The molecule has 3 rings (SSSR count). The van der Waals surface area contributed by atoms with Crippen molar-refractivity contribution in [2.45, 2.75) is 63.6 Å². The van der Waals surface area contributed by atoms with E-state index in [0.29, 0.717) is 0 Å². The second kappa shape index (κ2) is 5.47. The van der Waals surface area contributed by atoms with Gasteiger partial charge in [-0.25, -0.2) is 0 Å². The van der Waals surface area contributed by atoms with Gasteiger partial charge in [-0.2, -0.15) is 0 Å². The van der Waals surface area contributed by atoms with Gasteiger partial charge in [0.2, 0.25) is 0 Å². The van der Waals surface area contributed by atoms with Gasteiger partial charge in [0.05, 0.1) is 18.3 Å². The summed E-state index contributed by atoms with van der Waals surface area (Å²) < 4.78 is 12.2. The maximum atomic E-state index is 10.7. The second-order valence-corrected chi connectivity index (χ2v) is 6.49. The van der Waals surface area contributed by atoms with Gasteiger partial charge in [-0.1, -0.05) is 36.8 Å². The van der Waals surface area contributed by atoms with Gasteiger partial charge in [-0.05, 0) is 32.3 Å². The van der Waals surface area contributed by atoms with Crippen molar-refractivity contribution in [2.75, 3.05) is 0 Å². The fraction of sp³-hybridized carbons (Fsp3) is 0.647. The Morgan fingerprint density at radius 2 is 1.90 bits per heavy atom. The van der Waals surface area contributed by atoms with E-state index in [1.165, 1.54) is 5.56 Å². The Bertz CT molecular complexity index is 443. The second-order valence-electron chi connectivity index (χ2n) is 6.49. The standard InChI is InChI=1S/C17H24O3/c1-17(2)19-14-10-6-9-13(14)16(18)15(20-17)11-12-7-4-3-5-8-12/h3-5,7-8,13-16,18H,6,9-11H2,1-2H3/t13-,14-,15-,16-/m0/s1. The molecule has 0 aromatic heterocycles. The molecule has 0 spiro atoms. The van der Waals surface area contributed by atoms with Gasteiger partial charge in [0.1, 0.15) is 0 Å². The number of rotatable bonds is 2. The summed E-state index contributed by atoms with van der Waals surface area (Å²) in [6.45, 7) is 3.91. The normalized spacial score (nSPS) is 36.4. The van der Waals surface area contributed by atoms with Crippen LogP contribution in [0.2, 0.25) is 0 Å². The van der Waals surface area contributed by atoms with E-state index in [2.05, 4.69) is 12.1 Å². The number of aliphatic hydroxyl groups is 1. The molecule has 1 aromatic rings. The van der Waals surface area contributed by atoms with Gasteiger partial charge in [-0.3, -0.25) is 0 Å². The van der Waals surface area contributed by atoms with Crippen LogP contribution in [0.25, 0.3) is 0 Å². The summed E-state index contributed by atoms with van der Waals surface area (Å²) in [5.74, 6) is -0.407. The van der Waals surface area contributed by atoms with Crippen LogP contribution in [-0.2, 0) is 15.9 Å². The summed E-state index contributed by atoms with van der Waals surface area (Å²) in [5.41, 5.74) is 1.20. The molecule has 0 amide bonds. The van der Waals surface area contributed by atoms with Crippen LogP contribution in [-0.4, -0.2) is 29.2 Å². The van der Waals surface area contributed by atoms with Gasteiger partial charge in [0.15, 0.2) is 5.79 Å². The highest BCUT2D eigenvalue weighted by atomic mass is 16.7. The van der Waals surface area contributed by atoms with Crippen molar-refractivity contribution in [3.05, 3.63) is 35.9 Å². The number of hydrogen-bond acceptors (Lipinski definition) is 3. The molecule has 1 aromatic carbocycles. The molecule has 2 aliphatic rings. The van der Waals surface area contributed by atoms with Gasteiger partial charge < -0.3 is 14.6 Å². The van der Waals surface area contributed by atoms with Gasteiger partial charge >= 0.3 is 0 Å². The third-order valence-electron chi connectivity index (χ3n) is 4.47. The molecular weight excluding hydrogens is 252 g/mol. The van der Waals surface area contributed by atoms with E-state index in [0.717, 1.165) is 25.7 Å². The monoisotopic (exact) mass is 276 g/mol. The molecule has 4 atom stereocenters. The summed E-state index contributed by atoms with van der Waals surface area (Å²) in [5, 5.41) is 10.7. The number of hydrogen-bond donors (Lipinski definition) is 1. The van der Waals surface area contributed by atoms with Gasteiger partial charge in [-0.15, -0.1) is 0 Å². The van der Waals surface area contributed by atoms with E-state index in [1.807, 2.05) is 32.0 Å². The van der Waals surface area contributed by atoms with Gasteiger partial charge in [0, 0.05) is 12.3 Å². The molecule has 1 aliphatic carbocycles. The van der Waals surface area contributed by atoms with E-state index in [9.17, 15) is 5.11 Å². The smallest absolute Gasteiger partial charge is 0.163 e. The largest absolute Gasteiger partial charge is 0.390 e. The Hall–Kier alpha value is -0.900.